The highest BCUT2D eigenvalue weighted by molar-refractivity contribution is 5.83. The summed E-state index contributed by atoms with van der Waals surface area (Å²) in [6, 6.07) is 3.44. The van der Waals surface area contributed by atoms with E-state index in [0.29, 0.717) is 5.82 Å². The van der Waals surface area contributed by atoms with Gasteiger partial charge in [-0.3, -0.25) is 5.32 Å². The van der Waals surface area contributed by atoms with Crippen LogP contribution in [0.4, 0.5) is 10.6 Å². The summed E-state index contributed by atoms with van der Waals surface area (Å²) in [5, 5.41) is 2.57. The normalized spacial score (nSPS) is 13.0. The number of carbonyl (C=O) groups excluding carboxylic acids is 1. The molecule has 0 bridgehead atoms. The van der Waals surface area contributed by atoms with Gasteiger partial charge in [0.2, 0.25) is 0 Å². The molecule has 1 rings (SSSR count). The smallest absolute Gasteiger partial charge is 0.413 e. The molecule has 1 heterocycles. The van der Waals surface area contributed by atoms with Crippen LogP contribution in [0.15, 0.2) is 18.3 Å². The summed E-state index contributed by atoms with van der Waals surface area (Å²) in [6.45, 7) is 7.28. The van der Waals surface area contributed by atoms with Gasteiger partial charge in [-0.05, 0) is 45.4 Å². The zero-order chi connectivity index (χ0) is 13.1. The van der Waals surface area contributed by atoms with Gasteiger partial charge in [-0.2, -0.15) is 0 Å². The van der Waals surface area contributed by atoms with Crippen LogP contribution < -0.4 is 11.1 Å². The number of hydrogen-bond donors (Lipinski definition) is 2. The number of rotatable bonds is 2. The summed E-state index contributed by atoms with van der Waals surface area (Å²) in [5.74, 6) is 0.439. The number of carbonyl (C=O) groups is 1. The Hall–Kier alpha value is -1.62. The van der Waals surface area contributed by atoms with Gasteiger partial charge in [-0.1, -0.05) is 0 Å². The third-order valence-electron chi connectivity index (χ3n) is 1.94. The fourth-order valence-electron chi connectivity index (χ4n) is 1.21. The summed E-state index contributed by atoms with van der Waals surface area (Å²) in [4.78, 5) is 15.5. The molecule has 0 spiro atoms. The van der Waals surface area contributed by atoms with Crippen LogP contribution in [-0.4, -0.2) is 16.7 Å². The first-order valence-electron chi connectivity index (χ1n) is 5.49. The van der Waals surface area contributed by atoms with E-state index >= 15 is 0 Å². The molecule has 5 nitrogen and oxygen atoms in total. The fourth-order valence-corrected chi connectivity index (χ4v) is 1.21. The molecule has 3 N–H and O–H groups in total. The maximum absolute atomic E-state index is 11.5. The number of nitrogens with zero attached hydrogens (tertiary/aromatic N) is 1. The second-order valence-electron chi connectivity index (χ2n) is 4.89. The van der Waals surface area contributed by atoms with Gasteiger partial charge in [-0.15, -0.1) is 0 Å². The summed E-state index contributed by atoms with van der Waals surface area (Å²) < 4.78 is 5.12. The number of nitrogens with one attached hydrogen (secondary N) is 1. The predicted octanol–water partition coefficient (Wildman–Crippen LogP) is 2.45. The zero-order valence-electron chi connectivity index (χ0n) is 10.7. The first-order valence-corrected chi connectivity index (χ1v) is 5.49. The van der Waals surface area contributed by atoms with E-state index in [9.17, 15) is 4.79 Å². The molecule has 1 unspecified atom stereocenters. The molecule has 0 aromatic carbocycles. The lowest BCUT2D eigenvalue weighted by atomic mass is 10.1. The van der Waals surface area contributed by atoms with Gasteiger partial charge in [0.15, 0.2) is 0 Å². The number of nitrogens with two attached hydrogens (primary N) is 1. The first-order chi connectivity index (χ1) is 7.78. The average Bonchev–Trinajstić information content (AvgIpc) is 2.14. The van der Waals surface area contributed by atoms with E-state index in [1.165, 1.54) is 0 Å². The van der Waals surface area contributed by atoms with Crippen LogP contribution in [0.5, 0.6) is 0 Å². The van der Waals surface area contributed by atoms with Gasteiger partial charge in [0.1, 0.15) is 11.4 Å². The quantitative estimate of drug-likeness (QED) is 0.828. The van der Waals surface area contributed by atoms with Crippen LogP contribution >= 0.6 is 0 Å². The molecule has 1 amide bonds. The molecule has 0 aliphatic heterocycles. The lowest BCUT2D eigenvalue weighted by molar-refractivity contribution is 0.0635. The van der Waals surface area contributed by atoms with E-state index < -0.39 is 11.7 Å². The number of ether oxygens (including phenoxy) is 1. The molecule has 0 saturated heterocycles. The third kappa shape index (κ3) is 4.82. The van der Waals surface area contributed by atoms with E-state index in [2.05, 4.69) is 10.3 Å². The number of anilines is 1. The second-order valence-corrected chi connectivity index (χ2v) is 4.89. The highest BCUT2D eigenvalue weighted by Gasteiger charge is 2.16. The Balaban J connectivity index is 2.69. The molecule has 0 saturated carbocycles. The van der Waals surface area contributed by atoms with Crippen LogP contribution in [0.25, 0.3) is 0 Å². The lowest BCUT2D eigenvalue weighted by Crippen LogP contribution is -2.27. The minimum Gasteiger partial charge on any atom is -0.444 e. The molecule has 0 fully saturated rings. The maximum Gasteiger partial charge on any atom is 0.413 e. The Morgan fingerprint density at radius 3 is 2.71 bits per heavy atom. The van der Waals surface area contributed by atoms with Crippen LogP contribution in [0, 0.1) is 0 Å². The highest BCUT2D eigenvalue weighted by atomic mass is 16.6. The van der Waals surface area contributed by atoms with Crippen LogP contribution in [0.1, 0.15) is 39.3 Å². The van der Waals surface area contributed by atoms with Crippen molar-refractivity contribution in [2.75, 3.05) is 5.32 Å². The van der Waals surface area contributed by atoms with E-state index in [1.807, 2.05) is 13.0 Å². The van der Waals surface area contributed by atoms with Crippen molar-refractivity contribution < 1.29 is 9.53 Å². The summed E-state index contributed by atoms with van der Waals surface area (Å²) in [5.41, 5.74) is 6.13. The van der Waals surface area contributed by atoms with Crippen LogP contribution in [-0.2, 0) is 4.74 Å². The van der Waals surface area contributed by atoms with Crippen molar-refractivity contribution in [1.82, 2.24) is 4.98 Å². The van der Waals surface area contributed by atoms with Gasteiger partial charge < -0.3 is 10.5 Å². The topological polar surface area (TPSA) is 77.2 Å². The van der Waals surface area contributed by atoms with Gasteiger partial charge in [-0.25, -0.2) is 9.78 Å². The second kappa shape index (κ2) is 5.14. The van der Waals surface area contributed by atoms with Gasteiger partial charge in [0.25, 0.3) is 0 Å². The monoisotopic (exact) mass is 237 g/mol. The molecule has 0 radical (unpaired) electrons. The van der Waals surface area contributed by atoms with Crippen molar-refractivity contribution in [3.05, 3.63) is 23.9 Å². The molecule has 1 atom stereocenters. The van der Waals surface area contributed by atoms with Crippen molar-refractivity contribution in [1.29, 1.82) is 0 Å². The van der Waals surface area contributed by atoms with E-state index in [0.717, 1.165) is 5.56 Å². The predicted molar refractivity (Wildman–Crippen MR) is 66.7 cm³/mol. The summed E-state index contributed by atoms with van der Waals surface area (Å²) in [7, 11) is 0. The van der Waals surface area contributed by atoms with Crippen molar-refractivity contribution in [3.8, 4) is 0 Å². The Morgan fingerprint density at radius 2 is 2.18 bits per heavy atom. The minimum atomic E-state index is -0.525. The van der Waals surface area contributed by atoms with Crippen molar-refractivity contribution >= 4 is 11.9 Å². The Morgan fingerprint density at radius 1 is 1.53 bits per heavy atom. The fraction of sp³-hybridized carbons (Fsp3) is 0.500. The maximum atomic E-state index is 11.5. The van der Waals surface area contributed by atoms with E-state index in [4.69, 9.17) is 10.5 Å². The van der Waals surface area contributed by atoms with Gasteiger partial charge in [0, 0.05) is 12.2 Å². The molecule has 0 aliphatic rings. The Kier molecular flexibility index (Phi) is 4.07. The number of amides is 1. The van der Waals surface area contributed by atoms with Crippen LogP contribution in [0.3, 0.4) is 0 Å². The molecule has 1 aromatic rings. The standard InChI is InChI=1S/C12H19N3O2/c1-8(13)9-5-6-14-10(7-9)15-11(16)17-12(2,3)4/h5-8H,13H2,1-4H3,(H,14,15,16). The number of pyridine rings is 1. The van der Waals surface area contributed by atoms with Crippen molar-refractivity contribution in [3.63, 3.8) is 0 Å². The van der Waals surface area contributed by atoms with E-state index in [-0.39, 0.29) is 6.04 Å². The molecule has 1 aromatic heterocycles. The Labute approximate surface area is 101 Å². The largest absolute Gasteiger partial charge is 0.444 e. The SMILES string of the molecule is CC(N)c1ccnc(NC(=O)OC(C)(C)C)c1. The molecule has 17 heavy (non-hydrogen) atoms. The zero-order valence-corrected chi connectivity index (χ0v) is 10.7. The van der Waals surface area contributed by atoms with Crippen molar-refractivity contribution in [2.24, 2.45) is 5.73 Å². The van der Waals surface area contributed by atoms with Gasteiger partial charge >= 0.3 is 6.09 Å². The molecule has 94 valence electrons. The minimum absolute atomic E-state index is 0.0998. The Bertz CT molecular complexity index is 397. The highest BCUT2D eigenvalue weighted by Crippen LogP contribution is 2.14. The molecule has 0 aliphatic carbocycles. The molecular formula is C12H19N3O2. The van der Waals surface area contributed by atoms with Crippen LogP contribution in [0.2, 0.25) is 0 Å². The lowest BCUT2D eigenvalue weighted by Gasteiger charge is -2.19. The summed E-state index contributed by atoms with van der Waals surface area (Å²) in [6.07, 6.45) is 1.08. The summed E-state index contributed by atoms with van der Waals surface area (Å²) >= 11 is 0. The number of aromatic nitrogens is 1. The molecule has 5 heteroatoms. The number of hydrogen-bond acceptors (Lipinski definition) is 4. The van der Waals surface area contributed by atoms with Gasteiger partial charge in [0.05, 0.1) is 0 Å². The first kappa shape index (κ1) is 13.4. The average molecular weight is 237 g/mol. The van der Waals surface area contributed by atoms with E-state index in [1.54, 1.807) is 33.0 Å². The third-order valence-corrected chi connectivity index (χ3v) is 1.94. The van der Waals surface area contributed by atoms with Crippen molar-refractivity contribution in [2.45, 2.75) is 39.3 Å². The molecular weight excluding hydrogens is 218 g/mol.